The van der Waals surface area contributed by atoms with Gasteiger partial charge in [0, 0.05) is 10.9 Å². The van der Waals surface area contributed by atoms with Crippen LogP contribution >= 0.6 is 0 Å². The van der Waals surface area contributed by atoms with Crippen molar-refractivity contribution in [3.63, 3.8) is 0 Å². The molecule has 3 rings (SSSR count). The summed E-state index contributed by atoms with van der Waals surface area (Å²) in [6.07, 6.45) is 0. The highest BCUT2D eigenvalue weighted by Gasteiger charge is 2.21. The van der Waals surface area contributed by atoms with E-state index in [4.69, 9.17) is 13.9 Å². The first-order valence-corrected chi connectivity index (χ1v) is 5.21. The number of carboxylic acids is 1. The van der Waals surface area contributed by atoms with Crippen molar-refractivity contribution in [3.05, 3.63) is 23.5 Å². The van der Waals surface area contributed by atoms with E-state index in [1.54, 1.807) is 19.1 Å². The molecule has 5 heteroatoms. The highest BCUT2D eigenvalue weighted by molar-refractivity contribution is 5.97. The van der Waals surface area contributed by atoms with Gasteiger partial charge in [-0.3, -0.25) is 0 Å². The maximum absolute atomic E-state index is 10.9. The number of hydrogen-bond acceptors (Lipinski definition) is 5. The van der Waals surface area contributed by atoms with Crippen molar-refractivity contribution in [1.29, 1.82) is 0 Å². The van der Waals surface area contributed by atoms with Crippen LogP contribution in [0.25, 0.3) is 11.0 Å². The summed E-state index contributed by atoms with van der Waals surface area (Å²) in [6.45, 7) is 2.57. The molecule has 0 aliphatic carbocycles. The minimum atomic E-state index is -1.33. The van der Waals surface area contributed by atoms with E-state index in [0.717, 1.165) is 0 Å². The van der Waals surface area contributed by atoms with Crippen molar-refractivity contribution in [2.24, 2.45) is 0 Å². The van der Waals surface area contributed by atoms with Crippen molar-refractivity contribution >= 4 is 16.9 Å². The van der Waals surface area contributed by atoms with Crippen molar-refractivity contribution in [3.8, 4) is 11.5 Å². The smallest absolute Gasteiger partial charge is 0.205 e. The van der Waals surface area contributed by atoms with Crippen molar-refractivity contribution in [2.75, 3.05) is 13.2 Å². The molecule has 0 radical (unpaired) electrons. The molecule has 2 aromatic rings. The fraction of sp³-hybridized carbons (Fsp3) is 0.250. The topological polar surface area (TPSA) is 71.7 Å². The van der Waals surface area contributed by atoms with Gasteiger partial charge in [-0.15, -0.1) is 0 Å². The number of furan rings is 1. The van der Waals surface area contributed by atoms with Crippen LogP contribution in [0.15, 0.2) is 16.5 Å². The maximum atomic E-state index is 10.9. The van der Waals surface area contributed by atoms with E-state index in [9.17, 15) is 9.90 Å². The average Bonchev–Trinajstić information content (AvgIpc) is 2.67. The monoisotopic (exact) mass is 233 g/mol. The van der Waals surface area contributed by atoms with Gasteiger partial charge in [0.1, 0.15) is 19.2 Å². The van der Waals surface area contributed by atoms with Crippen LogP contribution in [0.4, 0.5) is 0 Å². The second-order valence-corrected chi connectivity index (χ2v) is 3.81. The van der Waals surface area contributed by atoms with Crippen LogP contribution in [0.3, 0.4) is 0 Å². The number of ether oxygens (including phenoxy) is 2. The lowest BCUT2D eigenvalue weighted by Crippen LogP contribution is -2.22. The zero-order chi connectivity index (χ0) is 12.0. The molecule has 1 aromatic heterocycles. The van der Waals surface area contributed by atoms with Crippen LogP contribution in [0.1, 0.15) is 16.1 Å². The van der Waals surface area contributed by atoms with E-state index in [-0.39, 0.29) is 5.76 Å². The molecular formula is C12H9O5-. The van der Waals surface area contributed by atoms with E-state index in [2.05, 4.69) is 0 Å². The first-order chi connectivity index (χ1) is 8.18. The second kappa shape index (κ2) is 3.41. The number of benzene rings is 1. The van der Waals surface area contributed by atoms with Gasteiger partial charge in [0.05, 0.1) is 0 Å². The Labute approximate surface area is 96.5 Å². The molecule has 0 spiro atoms. The number of fused-ring (bicyclic) bond motifs is 3. The molecule has 0 saturated heterocycles. The van der Waals surface area contributed by atoms with Gasteiger partial charge in [0.15, 0.2) is 17.1 Å². The summed E-state index contributed by atoms with van der Waals surface area (Å²) >= 11 is 0. The standard InChI is InChI=1S/C12H10O5/c1-6-7-2-3-8-11(16-5-4-15-8)10(7)17-9(6)12(13)14/h2-3H,4-5H2,1H3,(H,13,14)/p-1. The molecule has 0 saturated carbocycles. The first-order valence-electron chi connectivity index (χ1n) is 5.21. The average molecular weight is 233 g/mol. The fourth-order valence-corrected chi connectivity index (χ4v) is 1.98. The quantitative estimate of drug-likeness (QED) is 0.731. The Morgan fingerprint density at radius 2 is 2.06 bits per heavy atom. The summed E-state index contributed by atoms with van der Waals surface area (Å²) in [5, 5.41) is 11.6. The van der Waals surface area contributed by atoms with Gasteiger partial charge in [-0.25, -0.2) is 0 Å². The molecule has 2 heterocycles. The van der Waals surface area contributed by atoms with Crippen LogP contribution in [-0.2, 0) is 0 Å². The highest BCUT2D eigenvalue weighted by Crippen LogP contribution is 2.40. The third-order valence-electron chi connectivity index (χ3n) is 2.80. The molecule has 17 heavy (non-hydrogen) atoms. The number of rotatable bonds is 1. The van der Waals surface area contributed by atoms with E-state index in [0.29, 0.717) is 41.2 Å². The molecule has 1 aliphatic heterocycles. The zero-order valence-corrected chi connectivity index (χ0v) is 9.11. The Balaban J connectivity index is 2.33. The molecule has 0 N–H and O–H groups in total. The maximum Gasteiger partial charge on any atom is 0.205 e. The Morgan fingerprint density at radius 3 is 2.82 bits per heavy atom. The van der Waals surface area contributed by atoms with Gasteiger partial charge >= 0.3 is 0 Å². The molecule has 0 amide bonds. The van der Waals surface area contributed by atoms with Crippen LogP contribution < -0.4 is 14.6 Å². The van der Waals surface area contributed by atoms with Gasteiger partial charge in [-0.2, -0.15) is 0 Å². The van der Waals surface area contributed by atoms with Crippen LogP contribution in [-0.4, -0.2) is 19.2 Å². The van der Waals surface area contributed by atoms with Crippen LogP contribution in [0.5, 0.6) is 11.5 Å². The molecular weight excluding hydrogens is 224 g/mol. The minimum absolute atomic E-state index is 0.164. The van der Waals surface area contributed by atoms with Gasteiger partial charge < -0.3 is 23.8 Å². The SMILES string of the molecule is Cc1c(C(=O)[O-])oc2c3c(ccc12)OCCO3. The molecule has 88 valence electrons. The van der Waals surface area contributed by atoms with Gasteiger partial charge in [-0.05, 0) is 19.1 Å². The summed E-state index contributed by atoms with van der Waals surface area (Å²) < 4.78 is 16.1. The van der Waals surface area contributed by atoms with E-state index >= 15 is 0 Å². The molecule has 0 atom stereocenters. The first kappa shape index (κ1) is 10.0. The number of hydrogen-bond donors (Lipinski definition) is 0. The summed E-state index contributed by atoms with van der Waals surface area (Å²) in [5.41, 5.74) is 0.941. The number of aromatic carboxylic acids is 1. The predicted octanol–water partition coefficient (Wildman–Crippen LogP) is 0.876. The Kier molecular flexibility index (Phi) is 2.01. The highest BCUT2D eigenvalue weighted by atomic mass is 16.6. The van der Waals surface area contributed by atoms with Crippen molar-refractivity contribution in [2.45, 2.75) is 6.92 Å². The van der Waals surface area contributed by atoms with E-state index in [1.165, 1.54) is 0 Å². The Morgan fingerprint density at radius 1 is 1.29 bits per heavy atom. The fourth-order valence-electron chi connectivity index (χ4n) is 1.98. The third-order valence-corrected chi connectivity index (χ3v) is 2.80. The van der Waals surface area contributed by atoms with Crippen LogP contribution in [0, 0.1) is 6.92 Å². The second-order valence-electron chi connectivity index (χ2n) is 3.81. The van der Waals surface area contributed by atoms with Gasteiger partial charge in [0.2, 0.25) is 5.75 Å². The van der Waals surface area contributed by atoms with E-state index in [1.807, 2.05) is 0 Å². The molecule has 0 unspecified atom stereocenters. The molecule has 1 aliphatic rings. The third kappa shape index (κ3) is 1.35. The lowest BCUT2D eigenvalue weighted by molar-refractivity contribution is -0.257. The van der Waals surface area contributed by atoms with Crippen LogP contribution in [0.2, 0.25) is 0 Å². The summed E-state index contributed by atoms with van der Waals surface area (Å²) in [5.74, 6) is -0.460. The number of carboxylic acid groups (broad SMARTS) is 1. The van der Waals surface area contributed by atoms with Gasteiger partial charge in [0.25, 0.3) is 0 Å². The van der Waals surface area contributed by atoms with Crippen molar-refractivity contribution < 1.29 is 23.8 Å². The minimum Gasteiger partial charge on any atom is -0.542 e. The van der Waals surface area contributed by atoms with Gasteiger partial charge in [-0.1, -0.05) is 0 Å². The number of carbonyl (C=O) groups excluding carboxylic acids is 1. The number of aryl methyl sites for hydroxylation is 1. The normalized spacial score (nSPS) is 13.9. The summed E-state index contributed by atoms with van der Waals surface area (Å²) in [4.78, 5) is 10.9. The lowest BCUT2D eigenvalue weighted by atomic mass is 10.1. The lowest BCUT2D eigenvalue weighted by Gasteiger charge is -2.17. The molecule has 0 bridgehead atoms. The van der Waals surface area contributed by atoms with E-state index < -0.39 is 5.97 Å². The Hall–Kier alpha value is -2.17. The summed E-state index contributed by atoms with van der Waals surface area (Å²) in [6, 6.07) is 3.51. The Bertz CT molecular complexity index is 611. The number of carbonyl (C=O) groups is 1. The molecule has 0 fully saturated rings. The summed E-state index contributed by atoms with van der Waals surface area (Å²) in [7, 11) is 0. The zero-order valence-electron chi connectivity index (χ0n) is 9.11. The predicted molar refractivity (Wildman–Crippen MR) is 56.3 cm³/mol. The van der Waals surface area contributed by atoms with Crippen molar-refractivity contribution in [1.82, 2.24) is 0 Å². The molecule has 1 aromatic carbocycles. The largest absolute Gasteiger partial charge is 0.542 e. The molecule has 5 nitrogen and oxygen atoms in total.